The zero-order chi connectivity index (χ0) is 22.1. The molecule has 0 aliphatic heterocycles. The van der Waals surface area contributed by atoms with Crippen molar-refractivity contribution in [2.75, 3.05) is 6.54 Å². The summed E-state index contributed by atoms with van der Waals surface area (Å²) >= 11 is 0. The van der Waals surface area contributed by atoms with Gasteiger partial charge in [-0.05, 0) is 23.3 Å². The van der Waals surface area contributed by atoms with Crippen LogP contribution in [0.4, 0.5) is 0 Å². The van der Waals surface area contributed by atoms with Crippen molar-refractivity contribution in [3.05, 3.63) is 35.9 Å². The fourth-order valence-corrected chi connectivity index (χ4v) is 4.82. The van der Waals surface area contributed by atoms with Gasteiger partial charge in [0.15, 0.2) is 0 Å². The number of aliphatic hydroxyl groups excluding tert-OH is 1. The minimum atomic E-state index is -0.927. The quantitative estimate of drug-likeness (QED) is 0.503. The van der Waals surface area contributed by atoms with Crippen molar-refractivity contribution < 1.29 is 19.8 Å². The Hall–Kier alpha value is -1.88. The zero-order valence-corrected chi connectivity index (χ0v) is 18.8. The second-order valence-electron chi connectivity index (χ2n) is 9.89. The van der Waals surface area contributed by atoms with Crippen LogP contribution < -0.4 is 5.32 Å². The summed E-state index contributed by atoms with van der Waals surface area (Å²) in [5.41, 5.74) is 0.203. The highest BCUT2D eigenvalue weighted by atomic mass is 16.4. The molecule has 1 aromatic rings. The molecular weight excluding hydrogens is 378 g/mol. The lowest BCUT2D eigenvalue weighted by atomic mass is 9.70. The summed E-state index contributed by atoms with van der Waals surface area (Å²) in [5.74, 6) is -1.85. The summed E-state index contributed by atoms with van der Waals surface area (Å²) in [4.78, 5) is 25.2. The predicted molar refractivity (Wildman–Crippen MR) is 119 cm³/mol. The van der Waals surface area contributed by atoms with Crippen molar-refractivity contribution >= 4 is 11.9 Å². The molecule has 0 bridgehead atoms. The lowest BCUT2D eigenvalue weighted by Gasteiger charge is -2.34. The minimum Gasteiger partial charge on any atom is -0.481 e. The number of aliphatic hydroxyl groups is 1. The number of aliphatic carboxylic acids is 1. The number of hydrogen-bond donors (Lipinski definition) is 3. The SMILES string of the molecule is CC(C)(C)C(C(=O)O)[C@@H](CCCC1CCCCC1)C(=O)NCC(O)c1ccccc1. The standard InChI is InChI=1S/C25H39NO4/c1-25(2,3)22(24(29)30)20(16-10-13-18-11-6-4-7-12-18)23(28)26-17-21(27)19-14-8-5-9-15-19/h5,8-9,14-15,18,20-22,27H,4,6-7,10-13,16-17H2,1-3H3,(H,26,28)(H,29,30)/t20-,21?,22?/m1/s1. The number of nitrogens with one attached hydrogen (secondary N) is 1. The number of benzene rings is 1. The lowest BCUT2D eigenvalue weighted by Crippen LogP contribution is -2.44. The third kappa shape index (κ3) is 7.42. The molecule has 168 valence electrons. The molecule has 30 heavy (non-hydrogen) atoms. The van der Waals surface area contributed by atoms with E-state index in [2.05, 4.69) is 5.32 Å². The third-order valence-electron chi connectivity index (χ3n) is 6.44. The van der Waals surface area contributed by atoms with Crippen LogP contribution in [-0.2, 0) is 9.59 Å². The van der Waals surface area contributed by atoms with Gasteiger partial charge < -0.3 is 15.5 Å². The van der Waals surface area contributed by atoms with Gasteiger partial charge in [-0.3, -0.25) is 9.59 Å². The van der Waals surface area contributed by atoms with Crippen LogP contribution in [0.2, 0.25) is 0 Å². The van der Waals surface area contributed by atoms with Gasteiger partial charge in [-0.2, -0.15) is 0 Å². The molecule has 0 saturated heterocycles. The van der Waals surface area contributed by atoms with Gasteiger partial charge in [-0.1, -0.05) is 96.0 Å². The number of carboxylic acid groups (broad SMARTS) is 1. The van der Waals surface area contributed by atoms with Gasteiger partial charge in [0.2, 0.25) is 5.91 Å². The summed E-state index contributed by atoms with van der Waals surface area (Å²) in [6, 6.07) is 9.18. The molecule has 0 radical (unpaired) electrons. The molecule has 2 rings (SSSR count). The predicted octanol–water partition coefficient (Wildman–Crippen LogP) is 4.95. The van der Waals surface area contributed by atoms with Gasteiger partial charge >= 0.3 is 5.97 Å². The summed E-state index contributed by atoms with van der Waals surface area (Å²) in [5, 5.41) is 23.1. The van der Waals surface area contributed by atoms with Crippen LogP contribution >= 0.6 is 0 Å². The van der Waals surface area contributed by atoms with E-state index >= 15 is 0 Å². The first-order valence-corrected chi connectivity index (χ1v) is 11.4. The average Bonchev–Trinajstić information content (AvgIpc) is 2.71. The van der Waals surface area contributed by atoms with Crippen LogP contribution in [0, 0.1) is 23.2 Å². The van der Waals surface area contributed by atoms with Crippen molar-refractivity contribution in [1.82, 2.24) is 5.32 Å². The lowest BCUT2D eigenvalue weighted by molar-refractivity contribution is -0.152. The number of carbonyl (C=O) groups excluding carboxylic acids is 1. The van der Waals surface area contributed by atoms with Crippen LogP contribution in [0.15, 0.2) is 30.3 Å². The Bertz CT molecular complexity index is 661. The fraction of sp³-hybridized carbons (Fsp3) is 0.680. The number of carbonyl (C=O) groups is 2. The molecule has 3 N–H and O–H groups in total. The molecule has 0 aromatic heterocycles. The maximum atomic E-state index is 13.1. The maximum Gasteiger partial charge on any atom is 0.307 e. The van der Waals surface area contributed by atoms with E-state index in [1.807, 2.05) is 51.1 Å². The molecule has 1 saturated carbocycles. The molecule has 1 amide bonds. The Balaban J connectivity index is 2.02. The van der Waals surface area contributed by atoms with Crippen molar-refractivity contribution in [3.8, 4) is 0 Å². The Morgan fingerprint density at radius 1 is 1.10 bits per heavy atom. The fourth-order valence-electron chi connectivity index (χ4n) is 4.82. The molecule has 1 fully saturated rings. The van der Waals surface area contributed by atoms with Crippen molar-refractivity contribution in [1.29, 1.82) is 0 Å². The molecule has 0 spiro atoms. The van der Waals surface area contributed by atoms with E-state index in [4.69, 9.17) is 0 Å². The first-order valence-electron chi connectivity index (χ1n) is 11.4. The normalized spacial score (nSPS) is 18.4. The highest BCUT2D eigenvalue weighted by Gasteiger charge is 2.41. The molecule has 1 aromatic carbocycles. The van der Waals surface area contributed by atoms with E-state index in [1.165, 1.54) is 32.1 Å². The van der Waals surface area contributed by atoms with Gasteiger partial charge in [0, 0.05) is 6.54 Å². The van der Waals surface area contributed by atoms with Gasteiger partial charge in [-0.25, -0.2) is 0 Å². The number of rotatable bonds is 10. The van der Waals surface area contributed by atoms with Crippen LogP contribution in [0.25, 0.3) is 0 Å². The summed E-state index contributed by atoms with van der Waals surface area (Å²) in [6.45, 7) is 5.72. The van der Waals surface area contributed by atoms with Crippen LogP contribution in [0.5, 0.6) is 0 Å². The summed E-state index contributed by atoms with van der Waals surface area (Å²) in [6.07, 6.45) is 8.07. The van der Waals surface area contributed by atoms with E-state index in [-0.39, 0.29) is 12.5 Å². The molecule has 0 heterocycles. The van der Waals surface area contributed by atoms with Crippen molar-refractivity contribution in [2.24, 2.45) is 23.2 Å². The first kappa shape index (κ1) is 24.4. The Labute approximate surface area is 181 Å². The monoisotopic (exact) mass is 417 g/mol. The zero-order valence-electron chi connectivity index (χ0n) is 18.8. The first-order chi connectivity index (χ1) is 14.2. The molecule has 1 aliphatic rings. The van der Waals surface area contributed by atoms with Gasteiger partial charge in [0.05, 0.1) is 17.9 Å². The van der Waals surface area contributed by atoms with Gasteiger partial charge in [0.25, 0.3) is 0 Å². The third-order valence-corrected chi connectivity index (χ3v) is 6.44. The number of carboxylic acids is 1. The second kappa shape index (κ2) is 11.5. The summed E-state index contributed by atoms with van der Waals surface area (Å²) in [7, 11) is 0. The van der Waals surface area contributed by atoms with Crippen LogP contribution in [-0.4, -0.2) is 28.6 Å². The Morgan fingerprint density at radius 2 is 1.73 bits per heavy atom. The highest BCUT2D eigenvalue weighted by Crippen LogP contribution is 2.36. The largest absolute Gasteiger partial charge is 0.481 e. The van der Waals surface area contributed by atoms with E-state index in [9.17, 15) is 19.8 Å². The van der Waals surface area contributed by atoms with Gasteiger partial charge in [0.1, 0.15) is 0 Å². The number of amides is 1. The smallest absolute Gasteiger partial charge is 0.307 e. The van der Waals surface area contributed by atoms with Gasteiger partial charge in [-0.15, -0.1) is 0 Å². The van der Waals surface area contributed by atoms with E-state index in [1.54, 1.807) is 0 Å². The van der Waals surface area contributed by atoms with Crippen LogP contribution in [0.3, 0.4) is 0 Å². The number of hydrogen-bond acceptors (Lipinski definition) is 3. The average molecular weight is 418 g/mol. The molecule has 1 aliphatic carbocycles. The Kier molecular flexibility index (Phi) is 9.35. The Morgan fingerprint density at radius 3 is 2.30 bits per heavy atom. The molecular formula is C25H39NO4. The van der Waals surface area contributed by atoms with Crippen LogP contribution in [0.1, 0.15) is 83.8 Å². The maximum absolute atomic E-state index is 13.1. The van der Waals surface area contributed by atoms with E-state index in [0.29, 0.717) is 12.3 Å². The van der Waals surface area contributed by atoms with E-state index in [0.717, 1.165) is 18.4 Å². The van der Waals surface area contributed by atoms with Crippen molar-refractivity contribution in [2.45, 2.75) is 78.2 Å². The molecule has 2 unspecified atom stereocenters. The van der Waals surface area contributed by atoms with Crippen molar-refractivity contribution in [3.63, 3.8) is 0 Å². The second-order valence-corrected chi connectivity index (χ2v) is 9.89. The molecule has 3 atom stereocenters. The van der Waals surface area contributed by atoms with E-state index < -0.39 is 29.3 Å². The highest BCUT2D eigenvalue weighted by molar-refractivity contribution is 5.85. The summed E-state index contributed by atoms with van der Waals surface area (Å²) < 4.78 is 0. The topological polar surface area (TPSA) is 86.6 Å². The molecule has 5 nitrogen and oxygen atoms in total. The minimum absolute atomic E-state index is 0.0818. The molecule has 5 heteroatoms.